The van der Waals surface area contributed by atoms with Gasteiger partial charge in [0, 0.05) is 18.0 Å². The van der Waals surface area contributed by atoms with Gasteiger partial charge in [0.1, 0.15) is 4.90 Å². The van der Waals surface area contributed by atoms with Gasteiger partial charge < -0.3 is 0 Å². The van der Waals surface area contributed by atoms with E-state index in [9.17, 15) is 13.2 Å². The predicted molar refractivity (Wildman–Crippen MR) is 50.5 cm³/mol. The number of sulfonamides is 1. The fourth-order valence-corrected chi connectivity index (χ4v) is 1.59. The first-order valence-electron chi connectivity index (χ1n) is 3.87. The van der Waals surface area contributed by atoms with Crippen LogP contribution in [0.5, 0.6) is 0 Å². The van der Waals surface area contributed by atoms with Gasteiger partial charge in [-0.3, -0.25) is 9.78 Å². The Hall–Kier alpha value is -1.27. The van der Waals surface area contributed by atoms with Crippen molar-refractivity contribution in [3.05, 3.63) is 24.0 Å². The summed E-state index contributed by atoms with van der Waals surface area (Å²) in [5.74, 6) is -0.217. The zero-order chi connectivity index (χ0) is 10.8. The fraction of sp³-hybridized carbons (Fsp3) is 0.250. The van der Waals surface area contributed by atoms with Crippen molar-refractivity contribution in [3.63, 3.8) is 0 Å². The van der Waals surface area contributed by atoms with Crippen LogP contribution >= 0.6 is 0 Å². The maximum absolute atomic E-state index is 11.3. The van der Waals surface area contributed by atoms with Crippen LogP contribution in [0.4, 0.5) is 0 Å². The van der Waals surface area contributed by atoms with Crippen LogP contribution in [0.3, 0.4) is 0 Å². The SMILES string of the molecule is CNS(=O)(=O)c1cncc(C(C)=O)c1. The molecule has 76 valence electrons. The molecule has 0 saturated heterocycles. The number of Topliss-reactive ketones (excluding diaryl/α,β-unsaturated/α-hetero) is 1. The van der Waals surface area contributed by atoms with Crippen molar-refractivity contribution in [1.29, 1.82) is 0 Å². The van der Waals surface area contributed by atoms with Gasteiger partial charge in [0.25, 0.3) is 0 Å². The molecule has 0 bridgehead atoms. The number of hydrogen-bond acceptors (Lipinski definition) is 4. The predicted octanol–water partition coefficient (Wildman–Crippen LogP) is 0.192. The second kappa shape index (κ2) is 3.85. The Morgan fingerprint density at radius 3 is 2.57 bits per heavy atom. The number of nitrogens with one attached hydrogen (secondary N) is 1. The van der Waals surface area contributed by atoms with Crippen LogP contribution in [0.2, 0.25) is 0 Å². The molecule has 5 nitrogen and oxygen atoms in total. The lowest BCUT2D eigenvalue weighted by Crippen LogP contribution is -2.19. The maximum atomic E-state index is 11.3. The highest BCUT2D eigenvalue weighted by Crippen LogP contribution is 2.09. The molecule has 0 spiro atoms. The Kier molecular flexibility index (Phi) is 2.97. The third-order valence-corrected chi connectivity index (χ3v) is 3.08. The first-order chi connectivity index (χ1) is 6.47. The molecule has 0 unspecified atom stereocenters. The van der Waals surface area contributed by atoms with E-state index >= 15 is 0 Å². The average molecular weight is 214 g/mol. The lowest BCUT2D eigenvalue weighted by molar-refractivity contribution is 0.101. The Bertz CT molecular complexity index is 453. The van der Waals surface area contributed by atoms with E-state index in [1.165, 1.54) is 32.4 Å². The number of aromatic nitrogens is 1. The van der Waals surface area contributed by atoms with Gasteiger partial charge in [-0.15, -0.1) is 0 Å². The first kappa shape index (κ1) is 10.8. The molecule has 0 atom stereocenters. The molecule has 0 amide bonds. The van der Waals surface area contributed by atoms with Crippen LogP contribution in [-0.4, -0.2) is 26.2 Å². The van der Waals surface area contributed by atoms with Gasteiger partial charge in [-0.2, -0.15) is 0 Å². The number of carbonyl (C=O) groups is 1. The molecule has 0 fully saturated rings. The number of hydrogen-bond donors (Lipinski definition) is 1. The molecule has 0 aromatic carbocycles. The number of carbonyl (C=O) groups excluding carboxylic acids is 1. The summed E-state index contributed by atoms with van der Waals surface area (Å²) in [4.78, 5) is 14.6. The minimum Gasteiger partial charge on any atom is -0.294 e. The zero-order valence-corrected chi connectivity index (χ0v) is 8.63. The van der Waals surface area contributed by atoms with Crippen molar-refractivity contribution in [2.24, 2.45) is 0 Å². The van der Waals surface area contributed by atoms with E-state index < -0.39 is 10.0 Å². The van der Waals surface area contributed by atoms with E-state index in [0.29, 0.717) is 0 Å². The van der Waals surface area contributed by atoms with Gasteiger partial charge in [-0.05, 0) is 20.0 Å². The van der Waals surface area contributed by atoms with E-state index in [4.69, 9.17) is 0 Å². The summed E-state index contributed by atoms with van der Waals surface area (Å²) in [6.07, 6.45) is 2.52. The zero-order valence-electron chi connectivity index (χ0n) is 7.81. The summed E-state index contributed by atoms with van der Waals surface area (Å²) < 4.78 is 24.8. The van der Waals surface area contributed by atoms with E-state index in [-0.39, 0.29) is 16.2 Å². The molecular formula is C8H10N2O3S. The second-order valence-corrected chi connectivity index (χ2v) is 4.56. The molecule has 1 aromatic heterocycles. The summed E-state index contributed by atoms with van der Waals surface area (Å²) in [6, 6.07) is 1.29. The minimum absolute atomic E-state index is 0.00676. The molecule has 1 rings (SSSR count). The molecule has 1 aromatic rings. The molecule has 1 N–H and O–H groups in total. The van der Waals surface area contributed by atoms with Crippen LogP contribution in [-0.2, 0) is 10.0 Å². The van der Waals surface area contributed by atoms with Crippen LogP contribution in [0.25, 0.3) is 0 Å². The molecule has 1 heterocycles. The highest BCUT2D eigenvalue weighted by Gasteiger charge is 2.13. The second-order valence-electron chi connectivity index (χ2n) is 2.67. The summed E-state index contributed by atoms with van der Waals surface area (Å²) in [6.45, 7) is 1.35. The number of nitrogens with zero attached hydrogens (tertiary/aromatic N) is 1. The third kappa shape index (κ3) is 2.15. The Labute approximate surface area is 82.2 Å². The number of rotatable bonds is 3. The first-order valence-corrected chi connectivity index (χ1v) is 5.35. The Morgan fingerprint density at radius 1 is 1.43 bits per heavy atom. The molecule has 0 aliphatic heterocycles. The van der Waals surface area contributed by atoms with Crippen molar-refractivity contribution < 1.29 is 13.2 Å². The molecule has 0 saturated carbocycles. The molecular weight excluding hydrogens is 204 g/mol. The highest BCUT2D eigenvalue weighted by atomic mass is 32.2. The number of pyridine rings is 1. The summed E-state index contributed by atoms with van der Waals surface area (Å²) in [5.41, 5.74) is 0.279. The monoisotopic (exact) mass is 214 g/mol. The van der Waals surface area contributed by atoms with Gasteiger partial charge in [0.2, 0.25) is 10.0 Å². The van der Waals surface area contributed by atoms with Crippen molar-refractivity contribution in [1.82, 2.24) is 9.71 Å². The Morgan fingerprint density at radius 2 is 2.07 bits per heavy atom. The van der Waals surface area contributed by atoms with Gasteiger partial charge in [-0.1, -0.05) is 0 Å². The largest absolute Gasteiger partial charge is 0.294 e. The fourth-order valence-electron chi connectivity index (χ4n) is 0.876. The average Bonchev–Trinajstić information content (AvgIpc) is 2.18. The van der Waals surface area contributed by atoms with Crippen molar-refractivity contribution in [3.8, 4) is 0 Å². The van der Waals surface area contributed by atoms with Crippen LogP contribution in [0.15, 0.2) is 23.4 Å². The van der Waals surface area contributed by atoms with Gasteiger partial charge in [0.15, 0.2) is 5.78 Å². The normalized spacial score (nSPS) is 11.3. The van der Waals surface area contributed by atoms with E-state index in [2.05, 4.69) is 9.71 Å². The maximum Gasteiger partial charge on any atom is 0.241 e. The van der Waals surface area contributed by atoms with Gasteiger partial charge in [-0.25, -0.2) is 13.1 Å². The highest BCUT2D eigenvalue weighted by molar-refractivity contribution is 7.89. The number of ketones is 1. The third-order valence-electron chi connectivity index (χ3n) is 1.70. The van der Waals surface area contributed by atoms with Crippen molar-refractivity contribution in [2.75, 3.05) is 7.05 Å². The van der Waals surface area contributed by atoms with E-state index in [0.717, 1.165) is 0 Å². The summed E-state index contributed by atoms with van der Waals surface area (Å²) in [7, 11) is -2.22. The Balaban J connectivity index is 3.26. The quantitative estimate of drug-likeness (QED) is 0.729. The molecule has 14 heavy (non-hydrogen) atoms. The van der Waals surface area contributed by atoms with Crippen molar-refractivity contribution >= 4 is 15.8 Å². The molecule has 6 heteroatoms. The lowest BCUT2D eigenvalue weighted by atomic mass is 10.2. The summed E-state index contributed by atoms with van der Waals surface area (Å²) in [5, 5.41) is 0. The molecule has 0 aliphatic carbocycles. The van der Waals surface area contributed by atoms with Gasteiger partial charge >= 0.3 is 0 Å². The van der Waals surface area contributed by atoms with E-state index in [1.54, 1.807) is 0 Å². The van der Waals surface area contributed by atoms with Gasteiger partial charge in [0.05, 0.1) is 0 Å². The minimum atomic E-state index is -3.52. The van der Waals surface area contributed by atoms with Crippen LogP contribution in [0, 0.1) is 0 Å². The smallest absolute Gasteiger partial charge is 0.241 e. The molecule has 0 radical (unpaired) electrons. The molecule has 0 aliphatic rings. The summed E-state index contributed by atoms with van der Waals surface area (Å²) >= 11 is 0. The van der Waals surface area contributed by atoms with Crippen LogP contribution < -0.4 is 4.72 Å². The van der Waals surface area contributed by atoms with Crippen LogP contribution in [0.1, 0.15) is 17.3 Å². The topological polar surface area (TPSA) is 76.1 Å². The van der Waals surface area contributed by atoms with Crippen molar-refractivity contribution in [2.45, 2.75) is 11.8 Å². The standard InChI is InChI=1S/C8H10N2O3S/c1-6(11)7-3-8(5-10-4-7)14(12,13)9-2/h3-5,9H,1-2H3. The van der Waals surface area contributed by atoms with E-state index in [1.807, 2.05) is 0 Å². The lowest BCUT2D eigenvalue weighted by Gasteiger charge is -2.02.